The summed E-state index contributed by atoms with van der Waals surface area (Å²) in [5.74, 6) is 2.44. The van der Waals surface area contributed by atoms with Crippen molar-refractivity contribution >= 4 is 20.3 Å². The first kappa shape index (κ1) is 34.7. The molecule has 0 aromatic carbocycles. The topological polar surface area (TPSA) is 42.9 Å². The molecular formula is C24H51N2OP. The second-order valence-corrected chi connectivity index (χ2v) is 6.85. The first-order valence-corrected chi connectivity index (χ1v) is 11.9. The molecule has 3 nitrogen and oxygen atoms in total. The molecule has 28 heavy (non-hydrogen) atoms. The third-order valence-corrected chi connectivity index (χ3v) is 4.74. The van der Waals surface area contributed by atoms with E-state index < -0.39 is 0 Å². The van der Waals surface area contributed by atoms with Gasteiger partial charge in [-0.25, -0.2) is 9.97 Å². The highest BCUT2D eigenvalue weighted by Crippen LogP contribution is 2.03. The molecule has 1 aromatic rings. The largest absolute Gasteiger partial charge is 0.299 e. The standard InChI is InChI=1S/C7H11N2P.C7H14O.C6H14.2C2H6/c1-3-6-7(10)4-8-5(2)9-6;1-4-6(3)7(8)5-2;1-4-6(3)5-2;2*1-2/h4H,3,10H2,1-2H3;6H,4-5H2,1-3H3;6H,4-5H2,1-3H3;2*1-2H3. The van der Waals surface area contributed by atoms with Crippen LogP contribution in [-0.2, 0) is 11.2 Å². The van der Waals surface area contributed by atoms with Crippen LogP contribution in [0.4, 0.5) is 0 Å². The van der Waals surface area contributed by atoms with Crippen LogP contribution in [0.15, 0.2) is 6.20 Å². The van der Waals surface area contributed by atoms with E-state index in [2.05, 4.69) is 46.9 Å². The fourth-order valence-electron chi connectivity index (χ4n) is 1.67. The van der Waals surface area contributed by atoms with Gasteiger partial charge in [-0.3, -0.25) is 4.79 Å². The van der Waals surface area contributed by atoms with Crippen LogP contribution >= 0.6 is 9.24 Å². The molecule has 0 spiro atoms. The maximum absolute atomic E-state index is 10.7. The number of rotatable bonds is 6. The van der Waals surface area contributed by atoms with E-state index in [-0.39, 0.29) is 5.92 Å². The van der Waals surface area contributed by atoms with Crippen molar-refractivity contribution in [1.29, 1.82) is 0 Å². The third-order valence-electron chi connectivity index (χ3n) is 4.26. The summed E-state index contributed by atoms with van der Waals surface area (Å²) in [6.07, 6.45) is 7.14. The lowest BCUT2D eigenvalue weighted by Gasteiger charge is -2.02. The molecule has 0 N–H and O–H groups in total. The van der Waals surface area contributed by atoms with E-state index in [0.717, 1.165) is 35.6 Å². The summed E-state index contributed by atoms with van der Waals surface area (Å²) in [7, 11) is 2.63. The lowest BCUT2D eigenvalue weighted by molar-refractivity contribution is -0.122. The lowest BCUT2D eigenvalue weighted by Crippen LogP contribution is -2.06. The summed E-state index contributed by atoms with van der Waals surface area (Å²) in [5.41, 5.74) is 1.12. The van der Waals surface area contributed by atoms with Crippen molar-refractivity contribution < 1.29 is 4.79 Å². The molecule has 4 heteroatoms. The van der Waals surface area contributed by atoms with Gasteiger partial charge < -0.3 is 0 Å². The molecule has 1 rings (SSSR count). The zero-order valence-corrected chi connectivity index (χ0v) is 22.3. The van der Waals surface area contributed by atoms with Gasteiger partial charge in [0, 0.05) is 23.8 Å². The van der Waals surface area contributed by atoms with E-state index in [4.69, 9.17) is 0 Å². The Labute approximate surface area is 180 Å². The van der Waals surface area contributed by atoms with Gasteiger partial charge in [-0.2, -0.15) is 0 Å². The Balaban J connectivity index is -0.000000145. The molecule has 0 aliphatic carbocycles. The zero-order chi connectivity index (χ0) is 23.1. The smallest absolute Gasteiger partial charge is 0.135 e. The van der Waals surface area contributed by atoms with Crippen molar-refractivity contribution in [1.82, 2.24) is 9.97 Å². The van der Waals surface area contributed by atoms with Crippen molar-refractivity contribution in [3.63, 3.8) is 0 Å². The van der Waals surface area contributed by atoms with Gasteiger partial charge in [0.25, 0.3) is 0 Å². The summed E-state index contributed by atoms with van der Waals surface area (Å²) in [4.78, 5) is 19.1. The second kappa shape index (κ2) is 26.2. The van der Waals surface area contributed by atoms with E-state index in [1.54, 1.807) is 0 Å². The van der Waals surface area contributed by atoms with Gasteiger partial charge in [-0.05, 0) is 25.7 Å². The van der Waals surface area contributed by atoms with Crippen molar-refractivity contribution in [3.05, 3.63) is 17.7 Å². The number of nitrogens with zero attached hydrogens (tertiary/aromatic N) is 2. The van der Waals surface area contributed by atoms with E-state index >= 15 is 0 Å². The SMILES string of the molecule is CC.CC.CCC(=O)C(C)CC.CCC(C)CC.CCc1nc(C)ncc1P. The number of aryl methyl sites for hydroxylation is 2. The van der Waals surface area contributed by atoms with Crippen molar-refractivity contribution in [3.8, 4) is 0 Å². The van der Waals surface area contributed by atoms with Crippen LogP contribution in [0.2, 0.25) is 0 Å². The molecule has 0 saturated heterocycles. The number of carbonyl (C=O) groups excluding carboxylic acids is 1. The highest BCUT2D eigenvalue weighted by atomic mass is 31.0. The Morgan fingerprint density at radius 2 is 1.43 bits per heavy atom. The molecule has 0 saturated carbocycles. The molecule has 2 unspecified atom stereocenters. The second-order valence-electron chi connectivity index (χ2n) is 6.22. The van der Waals surface area contributed by atoms with E-state index in [1.165, 1.54) is 12.8 Å². The summed E-state index contributed by atoms with van der Waals surface area (Å²) in [6, 6.07) is 0. The summed E-state index contributed by atoms with van der Waals surface area (Å²) >= 11 is 0. The number of hydrogen-bond acceptors (Lipinski definition) is 3. The van der Waals surface area contributed by atoms with Crippen LogP contribution in [0.25, 0.3) is 0 Å². The van der Waals surface area contributed by atoms with Crippen LogP contribution in [0.5, 0.6) is 0 Å². The Hall–Kier alpha value is -0.820. The molecular weight excluding hydrogens is 363 g/mol. The number of Topliss-reactive ketones (excluding diaryl/α,β-unsaturated/α-hetero) is 1. The average Bonchev–Trinajstić information content (AvgIpc) is 2.77. The highest BCUT2D eigenvalue weighted by Gasteiger charge is 2.05. The minimum Gasteiger partial charge on any atom is -0.299 e. The molecule has 2 atom stereocenters. The van der Waals surface area contributed by atoms with Gasteiger partial charge >= 0.3 is 0 Å². The molecule has 0 radical (unpaired) electrons. The predicted molar refractivity (Wildman–Crippen MR) is 133 cm³/mol. The van der Waals surface area contributed by atoms with Gasteiger partial charge in [0.2, 0.25) is 0 Å². The lowest BCUT2D eigenvalue weighted by atomic mass is 10.0. The normalized spacial score (nSPS) is 9.93. The van der Waals surface area contributed by atoms with Crippen molar-refractivity contribution in [2.45, 2.75) is 115 Å². The first-order valence-electron chi connectivity index (χ1n) is 11.4. The van der Waals surface area contributed by atoms with E-state index in [1.807, 2.05) is 61.6 Å². The van der Waals surface area contributed by atoms with Crippen LogP contribution in [0.3, 0.4) is 0 Å². The minimum absolute atomic E-state index is 0.278. The monoisotopic (exact) mass is 414 g/mol. The first-order chi connectivity index (χ1) is 13.3. The quantitative estimate of drug-likeness (QED) is 0.457. The number of hydrogen-bond donors (Lipinski definition) is 0. The van der Waals surface area contributed by atoms with Gasteiger partial charge in [0.05, 0.1) is 5.69 Å². The molecule has 1 aromatic heterocycles. The minimum atomic E-state index is 0.278. The number of aromatic nitrogens is 2. The summed E-state index contributed by atoms with van der Waals surface area (Å²) < 4.78 is 0. The summed E-state index contributed by atoms with van der Waals surface area (Å²) in [5, 5.41) is 1.10. The molecule has 0 bridgehead atoms. The molecule has 168 valence electrons. The Morgan fingerprint density at radius 3 is 1.64 bits per heavy atom. The number of ketones is 1. The van der Waals surface area contributed by atoms with E-state index in [9.17, 15) is 4.79 Å². The Kier molecular flexibility index (Phi) is 32.4. The van der Waals surface area contributed by atoms with Gasteiger partial charge in [0.1, 0.15) is 11.6 Å². The molecule has 1 heterocycles. The van der Waals surface area contributed by atoms with Gasteiger partial charge in [0.15, 0.2) is 0 Å². The van der Waals surface area contributed by atoms with Crippen molar-refractivity contribution in [2.24, 2.45) is 11.8 Å². The average molecular weight is 415 g/mol. The fraction of sp³-hybridized carbons (Fsp3) is 0.792. The maximum Gasteiger partial charge on any atom is 0.135 e. The van der Waals surface area contributed by atoms with Crippen LogP contribution in [0, 0.1) is 18.8 Å². The van der Waals surface area contributed by atoms with Crippen LogP contribution < -0.4 is 5.30 Å². The van der Waals surface area contributed by atoms with Crippen LogP contribution in [-0.4, -0.2) is 15.8 Å². The Morgan fingerprint density at radius 1 is 0.964 bits per heavy atom. The highest BCUT2D eigenvalue weighted by molar-refractivity contribution is 7.27. The molecule has 0 amide bonds. The number of carbonyl (C=O) groups is 1. The maximum atomic E-state index is 10.7. The Bertz CT molecular complexity index is 446. The summed E-state index contributed by atoms with van der Waals surface area (Å²) in [6.45, 7) is 24.7. The molecule has 0 aliphatic rings. The van der Waals surface area contributed by atoms with Gasteiger partial charge in [-0.15, -0.1) is 9.24 Å². The van der Waals surface area contributed by atoms with Crippen LogP contribution in [0.1, 0.15) is 113 Å². The van der Waals surface area contributed by atoms with E-state index in [0.29, 0.717) is 12.2 Å². The van der Waals surface area contributed by atoms with Crippen molar-refractivity contribution in [2.75, 3.05) is 0 Å². The molecule has 0 aliphatic heterocycles. The fourth-order valence-corrected chi connectivity index (χ4v) is 2.02. The predicted octanol–water partition coefficient (Wildman–Crippen LogP) is 7.35. The molecule has 0 fully saturated rings. The van der Waals surface area contributed by atoms with Gasteiger partial charge in [-0.1, -0.05) is 89.0 Å². The third kappa shape index (κ3) is 21.5. The zero-order valence-electron chi connectivity index (χ0n) is 21.1.